The smallest absolute Gasteiger partial charge is 0.194 e. The highest BCUT2D eigenvalue weighted by molar-refractivity contribution is 7.92. The van der Waals surface area contributed by atoms with Crippen LogP contribution in [0.3, 0.4) is 0 Å². The van der Waals surface area contributed by atoms with Gasteiger partial charge < -0.3 is 0 Å². The summed E-state index contributed by atoms with van der Waals surface area (Å²) in [6.07, 6.45) is 4.32. The van der Waals surface area contributed by atoms with Crippen LogP contribution in [-0.2, 0) is 9.92 Å². The van der Waals surface area contributed by atoms with Crippen LogP contribution in [-0.4, -0.2) is 17.7 Å². The summed E-state index contributed by atoms with van der Waals surface area (Å²) in [4.78, 5) is 0. The van der Waals surface area contributed by atoms with Crippen LogP contribution in [0.15, 0.2) is 16.7 Å². The molecule has 0 aliphatic heterocycles. The average molecular weight is 291 g/mol. The molecule has 0 aliphatic carbocycles. The quantitative estimate of drug-likeness (QED) is 0.581. The van der Waals surface area contributed by atoms with Crippen molar-refractivity contribution in [3.63, 3.8) is 0 Å². The van der Waals surface area contributed by atoms with Crippen LogP contribution in [0.2, 0.25) is 18.1 Å². The molecule has 0 aromatic rings. The van der Waals surface area contributed by atoms with Crippen LogP contribution in [0.1, 0.15) is 47.0 Å². The number of allylic oxidation sites excluding steroid dienone is 1. The molecule has 0 aliphatic rings. The van der Waals surface area contributed by atoms with Gasteiger partial charge in [0.2, 0.25) is 0 Å². The van der Waals surface area contributed by atoms with Gasteiger partial charge in [0, 0.05) is 0 Å². The average Bonchev–Trinajstić information content (AvgIpc) is 2.14. The van der Waals surface area contributed by atoms with Crippen molar-refractivity contribution in [3.8, 4) is 0 Å². The maximum Gasteiger partial charge on any atom is 0.194 e. The molecule has 0 aromatic heterocycles. The third-order valence-electron chi connectivity index (χ3n) is 3.83. The van der Waals surface area contributed by atoms with Gasteiger partial charge >= 0.3 is 0 Å². The Morgan fingerprint density at radius 2 is 1.94 bits per heavy atom. The van der Waals surface area contributed by atoms with E-state index in [1.165, 1.54) is 0 Å². The number of rotatable bonds is 6. The molecule has 0 fully saturated rings. The number of nitrogens with zero attached hydrogens (tertiary/aromatic N) is 1. The Kier molecular flexibility index (Phi) is 6.30. The van der Waals surface area contributed by atoms with Gasteiger partial charge in [-0.1, -0.05) is 33.8 Å². The van der Waals surface area contributed by atoms with Crippen LogP contribution in [0.5, 0.6) is 0 Å². The Morgan fingerprint density at radius 1 is 1.44 bits per heavy atom. The fraction of sp³-hybridized carbons (Fsp3) is 0.846. The molecule has 18 heavy (non-hydrogen) atoms. The lowest BCUT2D eigenvalue weighted by atomic mass is 10.2. The summed E-state index contributed by atoms with van der Waals surface area (Å²) < 4.78 is 17.3. The van der Waals surface area contributed by atoms with Crippen molar-refractivity contribution in [2.45, 2.75) is 70.3 Å². The van der Waals surface area contributed by atoms with Crippen molar-refractivity contribution < 1.29 is 4.21 Å². The van der Waals surface area contributed by atoms with E-state index in [0.717, 1.165) is 19.3 Å². The fourth-order valence-corrected chi connectivity index (χ4v) is 6.98. The lowest BCUT2D eigenvalue weighted by Gasteiger charge is -2.33. The Morgan fingerprint density at radius 3 is 2.28 bits per heavy atom. The second kappa shape index (κ2) is 6.35. The van der Waals surface area contributed by atoms with Crippen LogP contribution in [0, 0.1) is 0 Å². The molecule has 2 N–H and O–H groups in total. The van der Waals surface area contributed by atoms with Crippen molar-refractivity contribution in [2.24, 2.45) is 9.17 Å². The number of nitrogens with two attached hydrogens (primary N) is 1. The van der Waals surface area contributed by atoms with E-state index in [9.17, 15) is 4.21 Å². The van der Waals surface area contributed by atoms with E-state index in [-0.39, 0.29) is 10.3 Å². The van der Waals surface area contributed by atoms with Crippen molar-refractivity contribution in [3.05, 3.63) is 12.7 Å². The van der Waals surface area contributed by atoms with Gasteiger partial charge in [0.1, 0.15) is 0 Å². The molecule has 0 amide bonds. The molecule has 0 spiro atoms. The zero-order chi connectivity index (χ0) is 14.6. The second-order valence-corrected chi connectivity index (χ2v) is 13.7. The highest BCUT2D eigenvalue weighted by atomic mass is 32.2. The number of hydrogen-bond donors (Lipinski definition) is 1. The Labute approximate surface area is 115 Å². The summed E-state index contributed by atoms with van der Waals surface area (Å²) in [5.41, 5.74) is 0. The first-order chi connectivity index (χ1) is 7.98. The standard InChI is InChI=1S/C13H30N2OSSi/c1-8-10-11-12(9-2)17(14,16)15-18(6,7)13(3,4)5/h8,12H,1,9-11H2,2-7H3,(H2,14,15,16)/t12-,17?/m1/s1. The molecule has 108 valence electrons. The maximum atomic E-state index is 12.7. The van der Waals surface area contributed by atoms with E-state index < -0.39 is 18.2 Å². The van der Waals surface area contributed by atoms with Crippen molar-refractivity contribution in [2.75, 3.05) is 0 Å². The van der Waals surface area contributed by atoms with E-state index in [0.29, 0.717) is 0 Å². The van der Waals surface area contributed by atoms with Gasteiger partial charge in [-0.05, 0) is 37.4 Å². The second-order valence-electron chi connectivity index (χ2n) is 6.41. The minimum Gasteiger partial charge on any atom is -0.265 e. The van der Waals surface area contributed by atoms with Gasteiger partial charge in [-0.3, -0.25) is 4.03 Å². The summed E-state index contributed by atoms with van der Waals surface area (Å²) in [5, 5.41) is 6.11. The predicted molar refractivity (Wildman–Crippen MR) is 85.5 cm³/mol. The Hall–Kier alpha value is -0.133. The highest BCUT2D eigenvalue weighted by Crippen LogP contribution is 2.37. The monoisotopic (exact) mass is 290 g/mol. The molecule has 0 aromatic carbocycles. The van der Waals surface area contributed by atoms with E-state index in [1.54, 1.807) is 0 Å². The number of hydrogen-bond acceptors (Lipinski definition) is 2. The van der Waals surface area contributed by atoms with Crippen LogP contribution >= 0.6 is 0 Å². The molecule has 0 saturated carbocycles. The topological polar surface area (TPSA) is 55.5 Å². The molecule has 0 heterocycles. The molecule has 0 radical (unpaired) electrons. The van der Waals surface area contributed by atoms with Gasteiger partial charge in [0.05, 0.1) is 15.2 Å². The summed E-state index contributed by atoms with van der Waals surface area (Å²) >= 11 is 0. The highest BCUT2D eigenvalue weighted by Gasteiger charge is 2.37. The van der Waals surface area contributed by atoms with Crippen LogP contribution in [0.4, 0.5) is 0 Å². The van der Waals surface area contributed by atoms with E-state index >= 15 is 0 Å². The normalized spacial score (nSPS) is 17.9. The van der Waals surface area contributed by atoms with Gasteiger partial charge in [0.25, 0.3) is 0 Å². The van der Waals surface area contributed by atoms with Gasteiger partial charge in [0.15, 0.2) is 8.24 Å². The molecule has 2 atom stereocenters. The van der Waals surface area contributed by atoms with Gasteiger partial charge in [-0.25, -0.2) is 9.35 Å². The van der Waals surface area contributed by atoms with Gasteiger partial charge in [-0.2, -0.15) is 0 Å². The molecule has 1 unspecified atom stereocenters. The first-order valence-electron chi connectivity index (χ1n) is 6.63. The first kappa shape index (κ1) is 17.9. The molecule has 0 saturated heterocycles. The summed E-state index contributed by atoms with van der Waals surface area (Å²) in [7, 11) is -4.56. The van der Waals surface area contributed by atoms with E-state index in [4.69, 9.17) is 5.14 Å². The Balaban J connectivity index is 5.34. The molecule has 5 heteroatoms. The van der Waals surface area contributed by atoms with Gasteiger partial charge in [-0.15, -0.1) is 6.58 Å². The SMILES string of the molecule is C=CCC[C@@H](CC)S(N)(=O)=N[Si](C)(C)C(C)(C)C. The van der Waals surface area contributed by atoms with Crippen LogP contribution in [0.25, 0.3) is 0 Å². The molecular formula is C13H30N2OSSi. The minimum absolute atomic E-state index is 0.0235. The zero-order valence-corrected chi connectivity index (χ0v) is 14.6. The third kappa shape index (κ3) is 4.86. The molecular weight excluding hydrogens is 260 g/mol. The maximum absolute atomic E-state index is 12.7. The summed E-state index contributed by atoms with van der Waals surface area (Å²) in [5.74, 6) is 0. The summed E-state index contributed by atoms with van der Waals surface area (Å²) in [6.45, 7) is 16.5. The van der Waals surface area contributed by atoms with E-state index in [2.05, 4.69) is 44.5 Å². The van der Waals surface area contributed by atoms with Crippen molar-refractivity contribution in [1.29, 1.82) is 0 Å². The summed E-state index contributed by atoms with van der Waals surface area (Å²) in [6, 6.07) is 0. The first-order valence-corrected chi connectivity index (χ1v) is 11.2. The lowest BCUT2D eigenvalue weighted by molar-refractivity contribution is 0.642. The third-order valence-corrected chi connectivity index (χ3v) is 12.0. The molecule has 0 rings (SSSR count). The van der Waals surface area contributed by atoms with E-state index in [1.807, 2.05) is 13.0 Å². The van der Waals surface area contributed by atoms with Crippen LogP contribution < -0.4 is 5.14 Å². The molecule has 3 nitrogen and oxygen atoms in total. The fourth-order valence-electron chi connectivity index (χ4n) is 1.48. The minimum atomic E-state index is -2.60. The molecule has 0 bridgehead atoms. The zero-order valence-electron chi connectivity index (χ0n) is 12.8. The largest absolute Gasteiger partial charge is 0.265 e. The van der Waals surface area contributed by atoms with Crippen molar-refractivity contribution in [1.82, 2.24) is 0 Å². The lowest BCUT2D eigenvalue weighted by Crippen LogP contribution is -2.40. The Bertz CT molecular complexity index is 390. The van der Waals surface area contributed by atoms with Crippen molar-refractivity contribution >= 4 is 18.2 Å². The predicted octanol–water partition coefficient (Wildman–Crippen LogP) is 4.08.